The Labute approximate surface area is 382 Å². The molecule has 1 amide bonds. The van der Waals surface area contributed by atoms with E-state index in [-0.39, 0.29) is 55.6 Å². The molecule has 64 heavy (non-hydrogen) atoms. The molecule has 1 aliphatic heterocycles. The van der Waals surface area contributed by atoms with Crippen molar-refractivity contribution in [1.82, 2.24) is 4.90 Å². The van der Waals surface area contributed by atoms with Gasteiger partial charge in [-0.25, -0.2) is 0 Å². The summed E-state index contributed by atoms with van der Waals surface area (Å²) in [6, 6.07) is 21.7. The van der Waals surface area contributed by atoms with Gasteiger partial charge in [0.2, 0.25) is 11.7 Å². The van der Waals surface area contributed by atoms with Crippen molar-refractivity contribution in [3.8, 4) is 11.5 Å². The Morgan fingerprint density at radius 2 is 1.78 bits per heavy atom. The number of thioether (sulfide) groups is 1. The number of nitro benzene ring substituents is 1. The molecule has 3 aromatic rings. The highest BCUT2D eigenvalue weighted by atomic mass is 32.2. The summed E-state index contributed by atoms with van der Waals surface area (Å²) in [6.07, 6.45) is 12.8. The molecular weight excluding hydrogens is 831 g/mol. The Morgan fingerprint density at radius 1 is 1.05 bits per heavy atom. The summed E-state index contributed by atoms with van der Waals surface area (Å²) in [7, 11) is 0. The number of benzene rings is 3. The van der Waals surface area contributed by atoms with Crippen molar-refractivity contribution in [3.05, 3.63) is 124 Å². The predicted molar refractivity (Wildman–Crippen MR) is 253 cm³/mol. The van der Waals surface area contributed by atoms with Crippen LogP contribution in [0.3, 0.4) is 0 Å². The second kappa shape index (κ2) is 22.8. The lowest BCUT2D eigenvalue weighted by molar-refractivity contribution is -0.384. The van der Waals surface area contributed by atoms with E-state index < -0.39 is 28.3 Å². The molecule has 3 aliphatic rings. The number of nitro groups is 1. The third-order valence-corrected chi connectivity index (χ3v) is 13.1. The number of carbonyl (C=O) groups excluding carboxylic acids is 1. The molecule has 1 heterocycles. The molecule has 13 heteroatoms. The van der Waals surface area contributed by atoms with Gasteiger partial charge in [-0.3, -0.25) is 14.9 Å². The van der Waals surface area contributed by atoms with Crippen molar-refractivity contribution in [2.45, 2.75) is 107 Å². The summed E-state index contributed by atoms with van der Waals surface area (Å²) >= 11 is 1.74. The van der Waals surface area contributed by atoms with Gasteiger partial charge < -0.3 is 34.2 Å². The number of nitrogens with zero attached hydrogens (tertiary/aromatic N) is 3. The van der Waals surface area contributed by atoms with E-state index in [0.29, 0.717) is 43.7 Å². The van der Waals surface area contributed by atoms with Gasteiger partial charge in [-0.05, 0) is 124 Å². The Balaban J connectivity index is 1.51. The van der Waals surface area contributed by atoms with E-state index in [1.165, 1.54) is 23.1 Å². The summed E-state index contributed by atoms with van der Waals surface area (Å²) in [5.41, 5.74) is 2.68. The van der Waals surface area contributed by atoms with Crippen LogP contribution in [-0.4, -0.2) is 87.8 Å². The van der Waals surface area contributed by atoms with Crippen molar-refractivity contribution >= 4 is 35.1 Å². The lowest BCUT2D eigenvalue weighted by Gasteiger charge is -2.60. The third-order valence-electron chi connectivity index (χ3n) is 12.1. The number of allylic oxidation sites excluding steroid dienone is 1. The largest absolute Gasteiger partial charge is 0.493 e. The average Bonchev–Trinajstić information content (AvgIpc) is 3.29. The van der Waals surface area contributed by atoms with Gasteiger partial charge >= 0.3 is 0 Å². The first kappa shape index (κ1) is 48.5. The van der Waals surface area contributed by atoms with Gasteiger partial charge in [0.15, 0.2) is 0 Å². The topological polar surface area (TPSA) is 153 Å². The zero-order valence-electron chi connectivity index (χ0n) is 37.7. The standard InChI is InChI=1S/C51H65N3O9S/c1-6-27-53(47(57)26-21-36-19-22-38(23-20-36)54(58)59)46-35-44(52-63-50(3,4)5)42-33-37(15-11-13-28-55)41(18-12-14-29-56)48-43-34-39(60-31-32-64-40-16-9-8-10-17-40)24-25-45(43)62-51(46,49(42)48)61-30-7-2/h7-10,16-17,19-26,33-34,37,41,46,48-49,55-56H,2,6,11-15,18,27-32,35H2,1,3-5H3/t37-,41+,46-,48+,49+,51+/m0/s1. The van der Waals surface area contributed by atoms with Gasteiger partial charge in [0.1, 0.15) is 23.1 Å². The monoisotopic (exact) mass is 895 g/mol. The van der Waals surface area contributed by atoms with Gasteiger partial charge in [0.05, 0.1) is 29.8 Å². The summed E-state index contributed by atoms with van der Waals surface area (Å²) in [5, 5.41) is 36.2. The molecule has 0 bridgehead atoms. The minimum atomic E-state index is -1.40. The van der Waals surface area contributed by atoms with Crippen molar-refractivity contribution in [3.63, 3.8) is 0 Å². The second-order valence-corrected chi connectivity index (χ2v) is 18.9. The number of non-ortho nitro benzene ring substituents is 1. The highest BCUT2D eigenvalue weighted by molar-refractivity contribution is 7.99. The first-order valence-corrected chi connectivity index (χ1v) is 23.7. The first-order valence-electron chi connectivity index (χ1n) is 22.7. The van der Waals surface area contributed by atoms with E-state index in [9.17, 15) is 25.1 Å². The summed E-state index contributed by atoms with van der Waals surface area (Å²) in [4.78, 5) is 34.9. The molecule has 0 radical (unpaired) electrons. The molecule has 3 aromatic carbocycles. The first-order chi connectivity index (χ1) is 30.9. The number of hydrogen-bond donors (Lipinski definition) is 2. The lowest BCUT2D eigenvalue weighted by Crippen LogP contribution is -2.70. The van der Waals surface area contributed by atoms with Crippen molar-refractivity contribution in [2.24, 2.45) is 22.9 Å². The van der Waals surface area contributed by atoms with Crippen molar-refractivity contribution in [2.75, 3.05) is 38.7 Å². The van der Waals surface area contributed by atoms with Crippen molar-refractivity contribution in [1.29, 1.82) is 0 Å². The van der Waals surface area contributed by atoms with E-state index in [1.54, 1.807) is 36.0 Å². The number of oxime groups is 1. The van der Waals surface area contributed by atoms with Crippen LogP contribution < -0.4 is 9.47 Å². The average molecular weight is 896 g/mol. The maximum absolute atomic E-state index is 14.7. The maximum atomic E-state index is 14.7. The molecular formula is C51H65N3O9S. The fourth-order valence-electron chi connectivity index (χ4n) is 9.40. The number of unbranched alkanes of at least 4 members (excludes halogenated alkanes) is 2. The number of ether oxygens (including phenoxy) is 3. The molecule has 6 atom stereocenters. The van der Waals surface area contributed by atoms with Crippen LogP contribution in [0.2, 0.25) is 0 Å². The molecule has 0 unspecified atom stereocenters. The highest BCUT2D eigenvalue weighted by Gasteiger charge is 2.65. The molecule has 0 aromatic heterocycles. The second-order valence-electron chi connectivity index (χ2n) is 17.7. The third kappa shape index (κ3) is 11.8. The molecule has 0 saturated heterocycles. The molecule has 1 fully saturated rings. The van der Waals surface area contributed by atoms with Crippen LogP contribution in [0.15, 0.2) is 113 Å². The Morgan fingerprint density at radius 3 is 2.45 bits per heavy atom. The van der Waals surface area contributed by atoms with Crippen LogP contribution in [0, 0.1) is 27.9 Å². The zero-order chi connectivity index (χ0) is 45.7. The number of amides is 1. The van der Waals surface area contributed by atoms with E-state index in [0.717, 1.165) is 54.0 Å². The van der Waals surface area contributed by atoms with E-state index in [1.807, 2.05) is 62.9 Å². The van der Waals surface area contributed by atoms with Gasteiger partial charge in [-0.1, -0.05) is 55.3 Å². The molecule has 2 aliphatic carbocycles. The van der Waals surface area contributed by atoms with Crippen LogP contribution in [0.25, 0.3) is 6.08 Å². The van der Waals surface area contributed by atoms with Crippen LogP contribution >= 0.6 is 11.8 Å². The van der Waals surface area contributed by atoms with Crippen LogP contribution in [0.1, 0.15) is 96.1 Å². The number of hydrogen-bond acceptors (Lipinski definition) is 11. The fourth-order valence-corrected chi connectivity index (χ4v) is 10.1. The zero-order valence-corrected chi connectivity index (χ0v) is 38.5. The fraction of sp³-hybridized carbons (Fsp3) is 0.490. The van der Waals surface area contributed by atoms with E-state index in [4.69, 9.17) is 24.2 Å². The lowest BCUT2D eigenvalue weighted by atomic mass is 9.55. The molecule has 12 nitrogen and oxygen atoms in total. The summed E-state index contributed by atoms with van der Waals surface area (Å²) in [5.74, 6) is -0.00532. The van der Waals surface area contributed by atoms with Gasteiger partial charge in [-0.2, -0.15) is 0 Å². The minimum Gasteiger partial charge on any atom is -0.493 e. The van der Waals surface area contributed by atoms with E-state index >= 15 is 0 Å². The normalized spacial score (nSPS) is 23.1. The van der Waals surface area contributed by atoms with E-state index in [2.05, 4.69) is 30.9 Å². The smallest absolute Gasteiger partial charge is 0.269 e. The van der Waals surface area contributed by atoms with Crippen molar-refractivity contribution < 1.29 is 39.0 Å². The molecule has 344 valence electrons. The SMILES string of the molecule is C=CCO[C@@]12Oc3ccc(OCCSc4ccccc4)cc3[C@H]3[C@H](CCCCO)[C@@H](CCCCO)C=C(C(=NOC(C)(C)C)C[C@@H]1N(CCC)C(=O)C=Cc1ccc([N+](=O)[O-])cc1)[C@H]32. The molecule has 1 saturated carbocycles. The van der Waals surface area contributed by atoms with Crippen LogP contribution in [0.5, 0.6) is 11.5 Å². The van der Waals surface area contributed by atoms with Crippen LogP contribution in [-0.2, 0) is 14.4 Å². The number of rotatable bonds is 23. The predicted octanol–water partition coefficient (Wildman–Crippen LogP) is 10.1. The quantitative estimate of drug-likeness (QED) is 0.0235. The Kier molecular flexibility index (Phi) is 17.3. The molecule has 2 N–H and O–H groups in total. The number of aliphatic hydroxyl groups excluding tert-OH is 2. The number of aliphatic hydroxyl groups is 2. The number of carbonyl (C=O) groups is 1. The minimum absolute atomic E-state index is 0.0319. The number of fused-ring (bicyclic) bond motifs is 2. The molecule has 6 rings (SSSR count). The summed E-state index contributed by atoms with van der Waals surface area (Å²) < 4.78 is 20.9. The Hall–Kier alpha value is -4.95. The Bertz CT molecular complexity index is 2120. The van der Waals surface area contributed by atoms with Gasteiger partial charge in [0, 0.05) is 66.5 Å². The van der Waals surface area contributed by atoms with Gasteiger partial charge in [-0.15, -0.1) is 18.3 Å². The van der Waals surface area contributed by atoms with Gasteiger partial charge in [0.25, 0.3) is 5.69 Å². The maximum Gasteiger partial charge on any atom is 0.269 e. The van der Waals surface area contributed by atoms with Crippen LogP contribution in [0.4, 0.5) is 5.69 Å². The molecule has 0 spiro atoms. The summed E-state index contributed by atoms with van der Waals surface area (Å²) in [6.45, 7) is 13.2. The highest BCUT2D eigenvalue weighted by Crippen LogP contribution is 2.62.